The number of para-hydroxylation sites is 2. The van der Waals surface area contributed by atoms with Crippen molar-refractivity contribution < 1.29 is 0 Å². The molecule has 0 aromatic heterocycles. The highest BCUT2D eigenvalue weighted by Gasteiger charge is 2.28. The zero-order chi connectivity index (χ0) is 13.6. The number of benzene rings is 2. The summed E-state index contributed by atoms with van der Waals surface area (Å²) in [4.78, 5) is 4.36. The minimum atomic E-state index is 0.994. The normalized spacial score (nSPS) is 13.9. The van der Waals surface area contributed by atoms with Gasteiger partial charge in [0.15, 0.2) is 0 Å². The number of hydrogen-bond donors (Lipinski definition) is 0. The lowest BCUT2D eigenvalue weighted by atomic mass is 10.1. The van der Waals surface area contributed by atoms with Crippen molar-refractivity contribution in [3.63, 3.8) is 0 Å². The van der Waals surface area contributed by atoms with Gasteiger partial charge in [0.25, 0.3) is 0 Å². The Bertz CT molecular complexity index is 658. The monoisotopic (exact) mass is 250 g/mol. The number of nitrogens with zero attached hydrogens (tertiary/aromatic N) is 2. The van der Waals surface area contributed by atoms with Crippen LogP contribution in [0.2, 0.25) is 0 Å². The lowest BCUT2D eigenvalue weighted by Crippen LogP contribution is -2.21. The van der Waals surface area contributed by atoms with Crippen LogP contribution in [0, 0.1) is 13.8 Å². The van der Waals surface area contributed by atoms with Gasteiger partial charge >= 0.3 is 0 Å². The summed E-state index contributed by atoms with van der Waals surface area (Å²) in [5.74, 6) is 0.994. The summed E-state index contributed by atoms with van der Waals surface area (Å²) >= 11 is 0. The van der Waals surface area contributed by atoms with E-state index in [0.29, 0.717) is 0 Å². The van der Waals surface area contributed by atoms with Crippen LogP contribution in [0.5, 0.6) is 0 Å². The molecule has 0 bridgehead atoms. The lowest BCUT2D eigenvalue weighted by molar-refractivity contribution is 1.09. The number of rotatable bonds is 1. The largest absolute Gasteiger partial charge is 0.329 e. The summed E-state index contributed by atoms with van der Waals surface area (Å²) in [6, 6.07) is 14.9. The highest BCUT2D eigenvalue weighted by atomic mass is 15.4. The maximum atomic E-state index is 4.22. The highest BCUT2D eigenvalue weighted by molar-refractivity contribution is 5.88. The first-order chi connectivity index (χ1) is 9.09. The summed E-state index contributed by atoms with van der Waals surface area (Å²) < 4.78 is 0. The second kappa shape index (κ2) is 4.16. The average molecular weight is 250 g/mol. The maximum Gasteiger partial charge on any atom is 0.110 e. The number of hydrogen-bond acceptors (Lipinski definition) is 2. The molecular formula is C17H18N2. The van der Waals surface area contributed by atoms with Crippen LogP contribution in [0.3, 0.4) is 0 Å². The SMILES string of the molecule is C=C1N(C)c2ccccc2N1c1ccc(C)cc1C. The molecule has 2 aromatic carbocycles. The molecule has 2 heteroatoms. The third-order valence-corrected chi connectivity index (χ3v) is 3.72. The van der Waals surface area contributed by atoms with Crippen molar-refractivity contribution in [2.45, 2.75) is 13.8 Å². The Labute approximate surface area is 114 Å². The first-order valence-corrected chi connectivity index (χ1v) is 6.48. The van der Waals surface area contributed by atoms with Crippen LogP contribution in [-0.2, 0) is 0 Å². The van der Waals surface area contributed by atoms with Gasteiger partial charge in [0.1, 0.15) is 5.82 Å². The van der Waals surface area contributed by atoms with Crippen LogP contribution in [0.15, 0.2) is 54.9 Å². The smallest absolute Gasteiger partial charge is 0.110 e. The standard InChI is InChI=1S/C17H18N2/c1-12-9-10-15(13(2)11-12)19-14(3)18(4)16-7-5-6-8-17(16)19/h5-11H,3H2,1-2,4H3. The van der Waals surface area contributed by atoms with E-state index in [-0.39, 0.29) is 0 Å². The van der Waals surface area contributed by atoms with Crippen LogP contribution in [0.4, 0.5) is 17.1 Å². The molecule has 0 unspecified atom stereocenters. The van der Waals surface area contributed by atoms with Crippen LogP contribution in [0.25, 0.3) is 0 Å². The Balaban J connectivity index is 2.18. The van der Waals surface area contributed by atoms with Crippen LogP contribution >= 0.6 is 0 Å². The van der Waals surface area contributed by atoms with Crippen LogP contribution < -0.4 is 9.80 Å². The highest BCUT2D eigenvalue weighted by Crippen LogP contribution is 2.45. The fourth-order valence-corrected chi connectivity index (χ4v) is 2.69. The van der Waals surface area contributed by atoms with E-state index in [2.05, 4.69) is 79.7 Å². The molecule has 2 aromatic rings. The third-order valence-electron chi connectivity index (χ3n) is 3.72. The van der Waals surface area contributed by atoms with Gasteiger partial charge in [0.2, 0.25) is 0 Å². The van der Waals surface area contributed by atoms with E-state index >= 15 is 0 Å². The van der Waals surface area contributed by atoms with Crippen LogP contribution in [0.1, 0.15) is 11.1 Å². The molecule has 0 radical (unpaired) electrons. The molecule has 0 fully saturated rings. The molecule has 1 aliphatic heterocycles. The molecule has 19 heavy (non-hydrogen) atoms. The van der Waals surface area contributed by atoms with Crippen LogP contribution in [-0.4, -0.2) is 7.05 Å². The van der Waals surface area contributed by atoms with Gasteiger partial charge in [-0.3, -0.25) is 4.90 Å². The van der Waals surface area contributed by atoms with Gasteiger partial charge in [-0.05, 0) is 37.6 Å². The molecule has 1 heterocycles. The Morgan fingerprint density at radius 1 is 0.895 bits per heavy atom. The van der Waals surface area contributed by atoms with Gasteiger partial charge < -0.3 is 4.90 Å². The third kappa shape index (κ3) is 1.72. The fourth-order valence-electron chi connectivity index (χ4n) is 2.69. The average Bonchev–Trinajstić information content (AvgIpc) is 2.64. The lowest BCUT2D eigenvalue weighted by Gasteiger charge is -2.23. The molecule has 0 atom stereocenters. The fraction of sp³-hybridized carbons (Fsp3) is 0.176. The van der Waals surface area contributed by atoms with Gasteiger partial charge in [-0.1, -0.05) is 36.4 Å². The van der Waals surface area contributed by atoms with E-state index in [9.17, 15) is 0 Å². The molecule has 3 rings (SSSR count). The minimum absolute atomic E-state index is 0.994. The van der Waals surface area contributed by atoms with Gasteiger partial charge in [-0.15, -0.1) is 0 Å². The molecule has 0 N–H and O–H groups in total. The van der Waals surface area contributed by atoms with Crippen molar-refractivity contribution >= 4 is 17.1 Å². The van der Waals surface area contributed by atoms with Crippen molar-refractivity contribution in [2.75, 3.05) is 16.8 Å². The van der Waals surface area contributed by atoms with E-state index in [4.69, 9.17) is 0 Å². The van der Waals surface area contributed by atoms with Gasteiger partial charge in [-0.25, -0.2) is 0 Å². The van der Waals surface area contributed by atoms with Crippen molar-refractivity contribution in [3.05, 3.63) is 66.0 Å². The molecule has 2 nitrogen and oxygen atoms in total. The Morgan fingerprint density at radius 3 is 2.26 bits per heavy atom. The molecular weight excluding hydrogens is 232 g/mol. The van der Waals surface area contributed by atoms with E-state index in [0.717, 1.165) is 5.82 Å². The molecule has 0 aliphatic carbocycles. The molecule has 0 spiro atoms. The summed E-state index contributed by atoms with van der Waals surface area (Å²) in [6.07, 6.45) is 0. The quantitative estimate of drug-likeness (QED) is 0.742. The number of fused-ring (bicyclic) bond motifs is 1. The number of anilines is 3. The zero-order valence-corrected chi connectivity index (χ0v) is 11.6. The van der Waals surface area contributed by atoms with Crippen molar-refractivity contribution in [2.24, 2.45) is 0 Å². The van der Waals surface area contributed by atoms with Gasteiger partial charge in [0, 0.05) is 7.05 Å². The predicted octanol–water partition coefficient (Wildman–Crippen LogP) is 4.36. The summed E-state index contributed by atoms with van der Waals surface area (Å²) in [7, 11) is 2.06. The summed E-state index contributed by atoms with van der Waals surface area (Å²) in [6.45, 7) is 8.49. The van der Waals surface area contributed by atoms with Gasteiger partial charge in [-0.2, -0.15) is 0 Å². The Hall–Kier alpha value is -2.22. The van der Waals surface area contributed by atoms with E-state index in [1.807, 2.05) is 0 Å². The van der Waals surface area contributed by atoms with Crippen molar-refractivity contribution in [1.29, 1.82) is 0 Å². The first-order valence-electron chi connectivity index (χ1n) is 6.48. The zero-order valence-electron chi connectivity index (χ0n) is 11.6. The number of aryl methyl sites for hydroxylation is 2. The first kappa shape index (κ1) is 11.8. The molecule has 96 valence electrons. The second-order valence-electron chi connectivity index (χ2n) is 5.09. The molecule has 0 amide bonds. The topological polar surface area (TPSA) is 6.48 Å². The van der Waals surface area contributed by atoms with Crippen molar-refractivity contribution in [1.82, 2.24) is 0 Å². The van der Waals surface area contributed by atoms with E-state index < -0.39 is 0 Å². The predicted molar refractivity (Wildman–Crippen MR) is 82.0 cm³/mol. The van der Waals surface area contributed by atoms with Gasteiger partial charge in [0.05, 0.1) is 17.1 Å². The van der Waals surface area contributed by atoms with Crippen molar-refractivity contribution in [3.8, 4) is 0 Å². The molecule has 0 saturated heterocycles. The van der Waals surface area contributed by atoms with E-state index in [1.54, 1.807) is 0 Å². The minimum Gasteiger partial charge on any atom is -0.329 e. The molecule has 1 aliphatic rings. The molecule has 0 saturated carbocycles. The van der Waals surface area contributed by atoms with E-state index in [1.165, 1.54) is 28.2 Å². The maximum absolute atomic E-state index is 4.22. The second-order valence-corrected chi connectivity index (χ2v) is 5.09. The summed E-state index contributed by atoms with van der Waals surface area (Å²) in [5.41, 5.74) is 6.15. The Morgan fingerprint density at radius 2 is 1.58 bits per heavy atom. The summed E-state index contributed by atoms with van der Waals surface area (Å²) in [5, 5.41) is 0. The Kier molecular flexibility index (Phi) is 2.59.